The lowest BCUT2D eigenvalue weighted by Gasteiger charge is -2.64. The molecule has 3 nitrogen and oxygen atoms in total. The van der Waals surface area contributed by atoms with Crippen LogP contribution >= 0.6 is 0 Å². The Labute approximate surface area is 178 Å². The van der Waals surface area contributed by atoms with E-state index in [0.717, 1.165) is 44.4 Å². The van der Waals surface area contributed by atoms with Gasteiger partial charge in [0.25, 0.3) is 0 Å². The van der Waals surface area contributed by atoms with E-state index in [1.165, 1.54) is 25.7 Å². The lowest BCUT2D eigenvalue weighted by Crippen LogP contribution is -2.62. The van der Waals surface area contributed by atoms with Gasteiger partial charge in [-0.25, -0.2) is 0 Å². The van der Waals surface area contributed by atoms with Crippen LogP contribution in [0.4, 0.5) is 0 Å². The normalized spacial score (nSPS) is 53.1. The molecule has 4 saturated carbocycles. The predicted octanol–water partition coefficient (Wildman–Crippen LogP) is 5.02. The molecule has 4 aliphatic carbocycles. The summed E-state index contributed by atoms with van der Waals surface area (Å²) in [7, 11) is 0. The summed E-state index contributed by atoms with van der Waals surface area (Å²) in [5.41, 5.74) is 0.651. The first-order chi connectivity index (χ1) is 13.8. The second-order valence-corrected chi connectivity index (χ2v) is 12.0. The lowest BCUT2D eigenvalue weighted by molar-refractivity contribution is -0.203. The third-order valence-electron chi connectivity index (χ3n) is 11.0. The molecule has 0 amide bonds. The van der Waals surface area contributed by atoms with Gasteiger partial charge in [-0.15, -0.1) is 0 Å². The molecule has 4 aliphatic rings. The van der Waals surface area contributed by atoms with Crippen LogP contribution in [0, 0.1) is 52.3 Å². The Morgan fingerprint density at radius 2 is 1.62 bits per heavy atom. The maximum atomic E-state index is 11.7. The molecule has 0 spiro atoms. The van der Waals surface area contributed by atoms with E-state index in [0.29, 0.717) is 52.9 Å². The SMILES string of the molecule is CC[C@@H]1C2C[C@H](O)CC[C@]2(C)C2CC[C@@]3(C)C(CCC3[C@H](C)CCCO)C2[C@@H]1O. The van der Waals surface area contributed by atoms with Gasteiger partial charge in [-0.05, 0) is 110 Å². The van der Waals surface area contributed by atoms with Gasteiger partial charge in [-0.3, -0.25) is 0 Å². The van der Waals surface area contributed by atoms with E-state index < -0.39 is 0 Å². The van der Waals surface area contributed by atoms with Crippen LogP contribution in [0.15, 0.2) is 0 Å². The van der Waals surface area contributed by atoms with Gasteiger partial charge in [-0.1, -0.05) is 34.1 Å². The smallest absolute Gasteiger partial charge is 0.0605 e. The van der Waals surface area contributed by atoms with Crippen molar-refractivity contribution in [3.63, 3.8) is 0 Å². The fourth-order valence-corrected chi connectivity index (χ4v) is 9.55. The molecule has 0 saturated heterocycles. The Bertz CT molecular complexity index is 578. The summed E-state index contributed by atoms with van der Waals surface area (Å²) in [5.74, 6) is 3.97. The number of aliphatic hydroxyl groups excluding tert-OH is 3. The molecule has 3 heteroatoms. The van der Waals surface area contributed by atoms with Crippen LogP contribution in [0.5, 0.6) is 0 Å². The summed E-state index contributed by atoms with van der Waals surface area (Å²) in [6.07, 6.45) is 10.9. The summed E-state index contributed by atoms with van der Waals surface area (Å²) in [6.45, 7) is 10.0. The number of rotatable bonds is 5. The van der Waals surface area contributed by atoms with Crippen molar-refractivity contribution in [1.29, 1.82) is 0 Å². The van der Waals surface area contributed by atoms with Gasteiger partial charge in [0, 0.05) is 6.61 Å². The zero-order valence-corrected chi connectivity index (χ0v) is 19.3. The maximum Gasteiger partial charge on any atom is 0.0605 e. The quantitative estimate of drug-likeness (QED) is 0.601. The number of hydrogen-bond donors (Lipinski definition) is 3. The van der Waals surface area contributed by atoms with Crippen LogP contribution in [-0.2, 0) is 0 Å². The van der Waals surface area contributed by atoms with Gasteiger partial charge >= 0.3 is 0 Å². The van der Waals surface area contributed by atoms with Crippen molar-refractivity contribution in [3.05, 3.63) is 0 Å². The Morgan fingerprint density at radius 1 is 0.931 bits per heavy atom. The van der Waals surface area contributed by atoms with Crippen molar-refractivity contribution in [1.82, 2.24) is 0 Å². The van der Waals surface area contributed by atoms with E-state index in [1.807, 2.05) is 0 Å². The molecule has 4 fully saturated rings. The molecule has 0 heterocycles. The molecule has 168 valence electrons. The predicted molar refractivity (Wildman–Crippen MR) is 117 cm³/mol. The van der Waals surface area contributed by atoms with E-state index in [4.69, 9.17) is 0 Å². The maximum absolute atomic E-state index is 11.7. The summed E-state index contributed by atoms with van der Waals surface area (Å²) < 4.78 is 0. The third kappa shape index (κ3) is 3.33. The van der Waals surface area contributed by atoms with Crippen molar-refractivity contribution < 1.29 is 15.3 Å². The fourth-order valence-electron chi connectivity index (χ4n) is 9.55. The largest absolute Gasteiger partial charge is 0.396 e. The summed E-state index contributed by atoms with van der Waals surface area (Å²) in [5, 5.41) is 31.4. The van der Waals surface area contributed by atoms with Gasteiger partial charge in [0.15, 0.2) is 0 Å². The van der Waals surface area contributed by atoms with Crippen molar-refractivity contribution in [2.75, 3.05) is 6.61 Å². The highest BCUT2D eigenvalue weighted by Gasteiger charge is 2.64. The fraction of sp³-hybridized carbons (Fsp3) is 1.00. The topological polar surface area (TPSA) is 60.7 Å². The number of aliphatic hydroxyl groups is 3. The van der Waals surface area contributed by atoms with Crippen LogP contribution < -0.4 is 0 Å². The summed E-state index contributed by atoms with van der Waals surface area (Å²) >= 11 is 0. The first-order valence-electron chi connectivity index (χ1n) is 12.7. The highest BCUT2D eigenvalue weighted by Crippen LogP contribution is 2.69. The van der Waals surface area contributed by atoms with E-state index in [2.05, 4.69) is 27.7 Å². The highest BCUT2D eigenvalue weighted by molar-refractivity contribution is 5.13. The summed E-state index contributed by atoms with van der Waals surface area (Å²) in [4.78, 5) is 0. The minimum Gasteiger partial charge on any atom is -0.396 e. The van der Waals surface area contributed by atoms with E-state index >= 15 is 0 Å². The van der Waals surface area contributed by atoms with Gasteiger partial charge in [0.2, 0.25) is 0 Å². The van der Waals surface area contributed by atoms with Crippen LogP contribution in [-0.4, -0.2) is 34.1 Å². The molecule has 4 rings (SSSR count). The van der Waals surface area contributed by atoms with Crippen LogP contribution in [0.1, 0.15) is 91.9 Å². The molecule has 29 heavy (non-hydrogen) atoms. The number of hydrogen-bond acceptors (Lipinski definition) is 3. The van der Waals surface area contributed by atoms with Crippen molar-refractivity contribution in [2.24, 2.45) is 52.3 Å². The van der Waals surface area contributed by atoms with Gasteiger partial charge < -0.3 is 15.3 Å². The first-order valence-corrected chi connectivity index (χ1v) is 12.7. The van der Waals surface area contributed by atoms with E-state index in [9.17, 15) is 15.3 Å². The molecule has 0 bridgehead atoms. The lowest BCUT2D eigenvalue weighted by atomic mass is 9.41. The Balaban J connectivity index is 1.63. The molecule has 0 radical (unpaired) electrons. The molecular weight excluding hydrogens is 360 g/mol. The van der Waals surface area contributed by atoms with Crippen molar-refractivity contribution in [2.45, 2.75) is 104 Å². The van der Waals surface area contributed by atoms with Crippen LogP contribution in [0.3, 0.4) is 0 Å². The molecule has 11 atom stereocenters. The van der Waals surface area contributed by atoms with Crippen molar-refractivity contribution in [3.8, 4) is 0 Å². The molecule has 0 aromatic rings. The zero-order chi connectivity index (χ0) is 21.0. The third-order valence-corrected chi connectivity index (χ3v) is 11.0. The Hall–Kier alpha value is -0.120. The summed E-state index contributed by atoms with van der Waals surface area (Å²) in [6, 6.07) is 0. The minimum atomic E-state index is -0.190. The minimum absolute atomic E-state index is 0.164. The van der Waals surface area contributed by atoms with Crippen LogP contribution in [0.2, 0.25) is 0 Å². The molecule has 3 N–H and O–H groups in total. The average Bonchev–Trinajstić information content (AvgIpc) is 3.05. The molecule has 5 unspecified atom stereocenters. The highest BCUT2D eigenvalue weighted by atomic mass is 16.3. The van der Waals surface area contributed by atoms with Crippen LogP contribution in [0.25, 0.3) is 0 Å². The standard InChI is InChI=1S/C26H46O3/c1-5-18-22-15-17(28)10-12-26(22,4)21-11-13-25(3)19(16(2)7-6-14-27)8-9-20(25)23(21)24(18)29/h16-24,27-29H,5-15H2,1-4H3/t16-,17-,18-,19?,20?,21?,22?,23?,24-,25-,26-/m1/s1. The monoisotopic (exact) mass is 406 g/mol. The molecule has 0 aromatic heterocycles. The second-order valence-electron chi connectivity index (χ2n) is 12.0. The second kappa shape index (κ2) is 8.10. The van der Waals surface area contributed by atoms with E-state index in [-0.39, 0.29) is 12.2 Å². The van der Waals surface area contributed by atoms with E-state index in [1.54, 1.807) is 0 Å². The molecular formula is C26H46O3. The Morgan fingerprint density at radius 3 is 2.31 bits per heavy atom. The van der Waals surface area contributed by atoms with Crippen molar-refractivity contribution >= 4 is 0 Å². The number of fused-ring (bicyclic) bond motifs is 5. The van der Waals surface area contributed by atoms with Gasteiger partial charge in [-0.2, -0.15) is 0 Å². The molecule has 0 aliphatic heterocycles. The zero-order valence-electron chi connectivity index (χ0n) is 19.3. The first kappa shape index (κ1) is 22.1. The average molecular weight is 407 g/mol. The van der Waals surface area contributed by atoms with Gasteiger partial charge in [0.05, 0.1) is 12.2 Å². The molecule has 0 aromatic carbocycles. The van der Waals surface area contributed by atoms with Gasteiger partial charge in [0.1, 0.15) is 0 Å². The Kier molecular flexibility index (Phi) is 6.17.